The molecule has 1 unspecified atom stereocenters. The third-order valence-electron chi connectivity index (χ3n) is 3.97. The van der Waals surface area contributed by atoms with Crippen molar-refractivity contribution in [3.8, 4) is 0 Å². The minimum atomic E-state index is -4.24. The molecule has 1 aliphatic carbocycles. The largest absolute Gasteiger partial charge is 0.368 e. The Morgan fingerprint density at radius 3 is 2.52 bits per heavy atom. The molecule has 5 nitrogen and oxygen atoms in total. The molecule has 128 valence electrons. The third-order valence-corrected chi connectivity index (χ3v) is 6.63. The fourth-order valence-corrected chi connectivity index (χ4v) is 4.80. The van der Waals surface area contributed by atoms with E-state index in [1.165, 1.54) is 0 Å². The number of carbonyl (C=O) groups is 1. The summed E-state index contributed by atoms with van der Waals surface area (Å²) >= 11 is 8.80. The van der Waals surface area contributed by atoms with Crippen molar-refractivity contribution in [1.82, 2.24) is 4.72 Å². The second-order valence-electron chi connectivity index (χ2n) is 5.60. The molecule has 1 fully saturated rings. The van der Waals surface area contributed by atoms with Crippen molar-refractivity contribution in [1.29, 1.82) is 0 Å². The van der Waals surface area contributed by atoms with Crippen molar-refractivity contribution < 1.29 is 17.6 Å². The van der Waals surface area contributed by atoms with Crippen LogP contribution in [-0.4, -0.2) is 20.4 Å². The average molecular weight is 428 g/mol. The highest BCUT2D eigenvalue weighted by molar-refractivity contribution is 9.10. The fourth-order valence-electron chi connectivity index (χ4n) is 2.79. The smallest absolute Gasteiger partial charge is 0.244 e. The van der Waals surface area contributed by atoms with Crippen LogP contribution in [0.15, 0.2) is 21.5 Å². The topological polar surface area (TPSA) is 89.3 Å². The van der Waals surface area contributed by atoms with E-state index < -0.39 is 32.7 Å². The maximum absolute atomic E-state index is 14.0. The van der Waals surface area contributed by atoms with E-state index in [4.69, 9.17) is 17.3 Å². The van der Waals surface area contributed by atoms with E-state index in [0.717, 1.165) is 31.4 Å². The van der Waals surface area contributed by atoms with Gasteiger partial charge in [-0.15, -0.1) is 0 Å². The molecule has 1 aromatic rings. The zero-order chi connectivity index (χ0) is 17.2. The zero-order valence-electron chi connectivity index (χ0n) is 12.2. The van der Waals surface area contributed by atoms with Crippen molar-refractivity contribution in [2.45, 2.75) is 43.0 Å². The Morgan fingerprint density at radius 1 is 1.35 bits per heavy atom. The molecule has 0 radical (unpaired) electrons. The van der Waals surface area contributed by atoms with E-state index in [9.17, 15) is 17.6 Å². The first kappa shape index (κ1) is 18.6. The van der Waals surface area contributed by atoms with Gasteiger partial charge in [-0.05, 0) is 46.8 Å². The van der Waals surface area contributed by atoms with Crippen molar-refractivity contribution in [3.63, 3.8) is 0 Å². The lowest BCUT2D eigenvalue weighted by Crippen LogP contribution is -2.49. The minimum absolute atomic E-state index is 0.0557. The van der Waals surface area contributed by atoms with Crippen LogP contribution < -0.4 is 10.5 Å². The molecular weight excluding hydrogens is 411 g/mol. The van der Waals surface area contributed by atoms with Gasteiger partial charge in [-0.25, -0.2) is 12.8 Å². The van der Waals surface area contributed by atoms with Crippen LogP contribution in [0.3, 0.4) is 0 Å². The van der Waals surface area contributed by atoms with E-state index in [1.807, 2.05) is 0 Å². The molecule has 0 aromatic heterocycles. The number of nitrogens with one attached hydrogen (secondary N) is 1. The fraction of sp³-hybridized carbons (Fsp3) is 0.500. The summed E-state index contributed by atoms with van der Waals surface area (Å²) in [6, 6.07) is 0.924. The minimum Gasteiger partial charge on any atom is -0.368 e. The number of amides is 1. The molecule has 0 heterocycles. The number of nitrogens with two attached hydrogens (primary N) is 1. The summed E-state index contributed by atoms with van der Waals surface area (Å²) in [5.74, 6) is -1.92. The molecule has 0 aliphatic heterocycles. The lowest BCUT2D eigenvalue weighted by molar-refractivity contribution is -0.121. The maximum atomic E-state index is 14.0. The number of primary amides is 1. The van der Waals surface area contributed by atoms with Crippen LogP contribution in [0.4, 0.5) is 4.39 Å². The van der Waals surface area contributed by atoms with Crippen LogP contribution in [0.2, 0.25) is 5.02 Å². The lowest BCUT2D eigenvalue weighted by atomic mass is 9.84. The molecule has 0 saturated heterocycles. The highest BCUT2D eigenvalue weighted by Crippen LogP contribution is 2.30. The highest BCUT2D eigenvalue weighted by Gasteiger charge is 2.33. The van der Waals surface area contributed by atoms with Crippen molar-refractivity contribution in [3.05, 3.63) is 27.4 Å². The van der Waals surface area contributed by atoms with Gasteiger partial charge < -0.3 is 5.73 Å². The van der Waals surface area contributed by atoms with Crippen LogP contribution in [0, 0.1) is 11.7 Å². The Balaban J connectivity index is 2.31. The second-order valence-corrected chi connectivity index (χ2v) is 8.54. The van der Waals surface area contributed by atoms with E-state index in [2.05, 4.69) is 20.7 Å². The molecule has 1 atom stereocenters. The molecular formula is C14H17BrClFN2O3S. The summed E-state index contributed by atoms with van der Waals surface area (Å²) < 4.78 is 41.4. The van der Waals surface area contributed by atoms with Gasteiger partial charge in [-0.2, -0.15) is 4.72 Å². The molecule has 2 rings (SSSR count). The van der Waals surface area contributed by atoms with E-state index >= 15 is 0 Å². The van der Waals surface area contributed by atoms with E-state index in [1.54, 1.807) is 0 Å². The summed E-state index contributed by atoms with van der Waals surface area (Å²) in [6.45, 7) is 0. The standard InChI is InChI=1S/C14H17BrClFN2O3S/c15-9-6-12(11(17)7-10(9)16)23(21,22)19-13(14(18)20)8-4-2-1-3-5-8/h6-8,13,19H,1-5H2,(H2,18,20). The predicted octanol–water partition coefficient (Wildman–Crippen LogP) is 2.95. The van der Waals surface area contributed by atoms with Crippen LogP contribution >= 0.6 is 27.5 Å². The first-order valence-corrected chi connectivity index (χ1v) is 9.84. The lowest BCUT2D eigenvalue weighted by Gasteiger charge is -2.28. The number of halogens is 3. The average Bonchev–Trinajstić information content (AvgIpc) is 2.49. The highest BCUT2D eigenvalue weighted by atomic mass is 79.9. The summed E-state index contributed by atoms with van der Waals surface area (Å²) in [5, 5.41) is 0.0557. The number of benzene rings is 1. The molecule has 3 N–H and O–H groups in total. The molecule has 1 aliphatic rings. The van der Waals surface area contributed by atoms with Gasteiger partial charge in [0.2, 0.25) is 15.9 Å². The summed E-state index contributed by atoms with van der Waals surface area (Å²) in [5.41, 5.74) is 5.35. The molecule has 9 heteroatoms. The van der Waals surface area contributed by atoms with Gasteiger partial charge in [-0.3, -0.25) is 4.79 Å². The predicted molar refractivity (Wildman–Crippen MR) is 89.0 cm³/mol. The van der Waals surface area contributed by atoms with Crippen molar-refractivity contribution >= 4 is 43.5 Å². The van der Waals surface area contributed by atoms with Gasteiger partial charge in [0.1, 0.15) is 16.8 Å². The van der Waals surface area contributed by atoms with Gasteiger partial charge in [0.15, 0.2) is 0 Å². The summed E-state index contributed by atoms with van der Waals surface area (Å²) in [4.78, 5) is 11.1. The van der Waals surface area contributed by atoms with Gasteiger partial charge in [0.05, 0.1) is 5.02 Å². The van der Waals surface area contributed by atoms with Crippen LogP contribution in [0.1, 0.15) is 32.1 Å². The van der Waals surface area contributed by atoms with Crippen LogP contribution in [0.25, 0.3) is 0 Å². The Hall–Kier alpha value is -0.700. The SMILES string of the molecule is NC(=O)C(NS(=O)(=O)c1cc(Br)c(Cl)cc1F)C1CCCCC1. The van der Waals surface area contributed by atoms with E-state index in [-0.39, 0.29) is 15.4 Å². The maximum Gasteiger partial charge on any atom is 0.244 e. The molecule has 23 heavy (non-hydrogen) atoms. The second kappa shape index (κ2) is 7.46. The molecule has 1 saturated carbocycles. The zero-order valence-corrected chi connectivity index (χ0v) is 15.3. The van der Waals surface area contributed by atoms with Gasteiger partial charge in [-0.1, -0.05) is 30.9 Å². The van der Waals surface area contributed by atoms with Crippen LogP contribution in [0.5, 0.6) is 0 Å². The molecule has 1 amide bonds. The van der Waals surface area contributed by atoms with Gasteiger partial charge >= 0.3 is 0 Å². The molecule has 0 bridgehead atoms. The van der Waals surface area contributed by atoms with Crippen molar-refractivity contribution in [2.75, 3.05) is 0 Å². The first-order valence-electron chi connectivity index (χ1n) is 7.18. The Labute approximate surface area is 147 Å². The van der Waals surface area contributed by atoms with Crippen LogP contribution in [-0.2, 0) is 14.8 Å². The number of hydrogen-bond donors (Lipinski definition) is 2. The van der Waals surface area contributed by atoms with Gasteiger partial charge in [0, 0.05) is 4.47 Å². The Kier molecular flexibility index (Phi) is 6.05. The quantitative estimate of drug-likeness (QED) is 0.708. The number of carbonyl (C=O) groups excluding carboxylic acids is 1. The summed E-state index contributed by atoms with van der Waals surface area (Å²) in [7, 11) is -4.24. The molecule has 1 aromatic carbocycles. The molecule has 0 spiro atoms. The summed E-state index contributed by atoms with van der Waals surface area (Å²) in [6.07, 6.45) is 4.30. The number of rotatable bonds is 5. The normalized spacial score (nSPS) is 17.9. The number of hydrogen-bond acceptors (Lipinski definition) is 3. The number of sulfonamides is 1. The Morgan fingerprint density at radius 2 is 1.96 bits per heavy atom. The third kappa shape index (κ3) is 4.43. The van der Waals surface area contributed by atoms with E-state index in [0.29, 0.717) is 12.8 Å². The first-order chi connectivity index (χ1) is 10.7. The van der Waals surface area contributed by atoms with Gasteiger partial charge in [0.25, 0.3) is 0 Å². The monoisotopic (exact) mass is 426 g/mol. The van der Waals surface area contributed by atoms with Crippen molar-refractivity contribution in [2.24, 2.45) is 11.7 Å². The Bertz CT molecular complexity index is 708.